The number of fused-ring (bicyclic) bond motifs is 1. The van der Waals surface area contributed by atoms with Crippen LogP contribution in [0.5, 0.6) is 0 Å². The van der Waals surface area contributed by atoms with Crippen LogP contribution in [0.2, 0.25) is 0 Å². The number of nitrogens with zero attached hydrogens (tertiary/aromatic N) is 5. The third-order valence-electron chi connectivity index (χ3n) is 3.72. The van der Waals surface area contributed by atoms with E-state index in [2.05, 4.69) is 26.5 Å². The molecule has 0 unspecified atom stereocenters. The van der Waals surface area contributed by atoms with E-state index in [4.69, 9.17) is 0 Å². The first-order valence-electron chi connectivity index (χ1n) is 7.31. The van der Waals surface area contributed by atoms with Gasteiger partial charge in [-0.2, -0.15) is 10.2 Å². The predicted molar refractivity (Wildman–Crippen MR) is 88.0 cm³/mol. The zero-order valence-corrected chi connectivity index (χ0v) is 14.7. The summed E-state index contributed by atoms with van der Waals surface area (Å²) in [6, 6.07) is 4.08. The lowest BCUT2D eigenvalue weighted by Gasteiger charge is -2.27. The molecule has 0 fully saturated rings. The zero-order valence-electron chi connectivity index (χ0n) is 13.9. The van der Waals surface area contributed by atoms with Crippen molar-refractivity contribution in [3.8, 4) is 6.07 Å². The lowest BCUT2D eigenvalue weighted by atomic mass is 9.90. The van der Waals surface area contributed by atoms with E-state index in [1.807, 2.05) is 33.8 Å². The maximum atomic E-state index is 12.1. The van der Waals surface area contributed by atoms with Gasteiger partial charge in [-0.05, 0) is 32.8 Å². The van der Waals surface area contributed by atoms with E-state index in [1.165, 1.54) is 11.8 Å². The van der Waals surface area contributed by atoms with Crippen LogP contribution in [0.25, 0.3) is 5.78 Å². The molecule has 0 saturated carbocycles. The molecule has 7 nitrogen and oxygen atoms in total. The highest BCUT2D eigenvalue weighted by atomic mass is 32.2. The van der Waals surface area contributed by atoms with Crippen molar-refractivity contribution in [2.75, 3.05) is 5.75 Å². The molecule has 1 amide bonds. The fourth-order valence-electron chi connectivity index (χ4n) is 1.97. The fraction of sp³-hybridized carbons (Fsp3) is 0.533. The first kappa shape index (κ1) is 17.2. The Morgan fingerprint density at radius 1 is 1.48 bits per heavy atom. The summed E-state index contributed by atoms with van der Waals surface area (Å²) in [4.78, 5) is 20.7. The number of hydrogen-bond acceptors (Lipinski definition) is 6. The van der Waals surface area contributed by atoms with E-state index >= 15 is 0 Å². The van der Waals surface area contributed by atoms with Crippen molar-refractivity contribution < 1.29 is 4.79 Å². The summed E-state index contributed by atoms with van der Waals surface area (Å²) in [6.45, 7) is 9.35. The van der Waals surface area contributed by atoms with Gasteiger partial charge in [-0.3, -0.25) is 4.79 Å². The molecule has 0 bridgehead atoms. The summed E-state index contributed by atoms with van der Waals surface area (Å²) < 4.78 is 1.65. The van der Waals surface area contributed by atoms with Gasteiger partial charge in [-0.1, -0.05) is 25.6 Å². The van der Waals surface area contributed by atoms with Crippen molar-refractivity contribution in [1.82, 2.24) is 24.9 Å². The van der Waals surface area contributed by atoms with Gasteiger partial charge in [0.1, 0.15) is 5.54 Å². The molecule has 1 N–H and O–H groups in total. The second-order valence-corrected chi connectivity index (χ2v) is 6.89. The molecule has 2 aromatic heterocycles. The summed E-state index contributed by atoms with van der Waals surface area (Å²) in [5.74, 6) is 0.477. The van der Waals surface area contributed by atoms with Crippen LogP contribution in [0.3, 0.4) is 0 Å². The lowest BCUT2D eigenvalue weighted by Crippen LogP contribution is -2.49. The number of rotatable bonds is 5. The van der Waals surface area contributed by atoms with Gasteiger partial charge in [0.15, 0.2) is 0 Å². The molecule has 122 valence electrons. The number of thioether (sulfide) groups is 1. The Hall–Kier alpha value is -2.14. The molecule has 2 heterocycles. The summed E-state index contributed by atoms with van der Waals surface area (Å²) in [5.41, 5.74) is 0.936. The standard InChI is InChI=1S/C15H20N6OS/c1-9(2)15(5,8-16)19-12(22)7-23-14-18-13-17-10(3)6-11(4)21(13)20-14/h6,9H,7H2,1-5H3,(H,19,22)/t15-/m1/s1. The Kier molecular flexibility index (Phi) is 4.90. The summed E-state index contributed by atoms with van der Waals surface area (Å²) in [7, 11) is 0. The number of aromatic nitrogens is 4. The van der Waals surface area contributed by atoms with Gasteiger partial charge in [0, 0.05) is 11.4 Å². The molecule has 0 spiro atoms. The molecule has 23 heavy (non-hydrogen) atoms. The minimum Gasteiger partial charge on any atom is -0.337 e. The van der Waals surface area contributed by atoms with Crippen LogP contribution in [-0.4, -0.2) is 36.8 Å². The zero-order chi connectivity index (χ0) is 17.2. The SMILES string of the molecule is Cc1cc(C)n2nc(SCC(=O)N[C@](C)(C#N)C(C)C)nc2n1. The number of aryl methyl sites for hydroxylation is 2. The van der Waals surface area contributed by atoms with E-state index in [1.54, 1.807) is 11.4 Å². The highest BCUT2D eigenvalue weighted by molar-refractivity contribution is 7.99. The Morgan fingerprint density at radius 3 is 2.78 bits per heavy atom. The highest BCUT2D eigenvalue weighted by Crippen LogP contribution is 2.18. The van der Waals surface area contributed by atoms with Crippen molar-refractivity contribution in [2.24, 2.45) is 5.92 Å². The second kappa shape index (κ2) is 6.54. The number of amides is 1. The number of carbonyl (C=O) groups is 1. The molecule has 0 aromatic carbocycles. The van der Waals surface area contributed by atoms with Crippen LogP contribution in [0.4, 0.5) is 0 Å². The van der Waals surface area contributed by atoms with E-state index < -0.39 is 5.54 Å². The van der Waals surface area contributed by atoms with Crippen LogP contribution in [0.15, 0.2) is 11.2 Å². The predicted octanol–water partition coefficient (Wildman–Crippen LogP) is 1.89. The van der Waals surface area contributed by atoms with Crippen LogP contribution < -0.4 is 5.32 Å². The average molecular weight is 332 g/mol. The number of nitriles is 1. The summed E-state index contributed by atoms with van der Waals surface area (Å²) in [5, 5.41) is 16.8. The molecular formula is C15H20N6OS. The quantitative estimate of drug-likeness (QED) is 0.840. The van der Waals surface area contributed by atoms with Crippen molar-refractivity contribution in [1.29, 1.82) is 5.26 Å². The Labute approximate surface area is 139 Å². The minimum atomic E-state index is -0.876. The van der Waals surface area contributed by atoms with Crippen LogP contribution in [0, 0.1) is 31.1 Å². The summed E-state index contributed by atoms with van der Waals surface area (Å²) >= 11 is 1.23. The Morgan fingerprint density at radius 2 is 2.17 bits per heavy atom. The normalized spacial score (nSPS) is 13.8. The fourth-order valence-corrected chi connectivity index (χ4v) is 2.58. The minimum absolute atomic E-state index is 0.0181. The molecular weight excluding hydrogens is 312 g/mol. The van der Waals surface area contributed by atoms with Crippen molar-refractivity contribution in [2.45, 2.75) is 45.3 Å². The van der Waals surface area contributed by atoms with E-state index in [9.17, 15) is 10.1 Å². The van der Waals surface area contributed by atoms with Crippen LogP contribution in [-0.2, 0) is 4.79 Å². The van der Waals surface area contributed by atoms with Gasteiger partial charge in [-0.15, -0.1) is 5.10 Å². The molecule has 0 aliphatic rings. The number of carbonyl (C=O) groups excluding carboxylic acids is 1. The lowest BCUT2D eigenvalue weighted by molar-refractivity contribution is -0.120. The van der Waals surface area contributed by atoms with Gasteiger partial charge in [-0.25, -0.2) is 9.50 Å². The van der Waals surface area contributed by atoms with Gasteiger partial charge < -0.3 is 5.32 Å². The molecule has 0 aliphatic carbocycles. The Balaban J connectivity index is 2.05. The first-order valence-corrected chi connectivity index (χ1v) is 8.30. The van der Waals surface area contributed by atoms with Gasteiger partial charge >= 0.3 is 0 Å². The van der Waals surface area contributed by atoms with Gasteiger partial charge in [0.2, 0.25) is 11.1 Å². The first-order chi connectivity index (χ1) is 10.7. The largest absolute Gasteiger partial charge is 0.337 e. The van der Waals surface area contributed by atoms with E-state index in [0.717, 1.165) is 11.4 Å². The molecule has 8 heteroatoms. The van der Waals surface area contributed by atoms with E-state index in [0.29, 0.717) is 10.9 Å². The number of hydrogen-bond donors (Lipinski definition) is 1. The van der Waals surface area contributed by atoms with Gasteiger partial charge in [0.05, 0.1) is 11.8 Å². The Bertz CT molecular complexity index is 778. The molecule has 2 rings (SSSR count). The molecule has 0 aliphatic heterocycles. The smallest absolute Gasteiger partial charge is 0.253 e. The topological polar surface area (TPSA) is 96.0 Å². The molecule has 0 saturated heterocycles. The van der Waals surface area contributed by atoms with Crippen molar-refractivity contribution >= 4 is 23.4 Å². The second-order valence-electron chi connectivity index (χ2n) is 5.95. The van der Waals surface area contributed by atoms with E-state index in [-0.39, 0.29) is 17.6 Å². The third-order valence-corrected chi connectivity index (χ3v) is 4.55. The molecule has 0 radical (unpaired) electrons. The highest BCUT2D eigenvalue weighted by Gasteiger charge is 2.29. The number of nitrogens with one attached hydrogen (secondary N) is 1. The molecule has 2 aromatic rings. The maximum Gasteiger partial charge on any atom is 0.253 e. The molecule has 1 atom stereocenters. The summed E-state index contributed by atoms with van der Waals surface area (Å²) in [6.07, 6.45) is 0. The third kappa shape index (κ3) is 3.79. The maximum absolute atomic E-state index is 12.1. The monoisotopic (exact) mass is 332 g/mol. The van der Waals surface area contributed by atoms with Crippen molar-refractivity contribution in [3.63, 3.8) is 0 Å². The van der Waals surface area contributed by atoms with Crippen molar-refractivity contribution in [3.05, 3.63) is 17.5 Å². The van der Waals surface area contributed by atoms with Crippen LogP contribution >= 0.6 is 11.8 Å². The van der Waals surface area contributed by atoms with Crippen LogP contribution in [0.1, 0.15) is 32.2 Å². The average Bonchev–Trinajstić information content (AvgIpc) is 2.88. The van der Waals surface area contributed by atoms with Gasteiger partial charge in [0.25, 0.3) is 5.78 Å².